The van der Waals surface area contributed by atoms with Crippen LogP contribution in [0, 0.1) is 0 Å². The molecule has 2 heterocycles. The Morgan fingerprint density at radius 1 is 1.19 bits per heavy atom. The third-order valence-electron chi connectivity index (χ3n) is 3.95. The van der Waals surface area contributed by atoms with Gasteiger partial charge in [-0.1, -0.05) is 6.07 Å². The first-order chi connectivity index (χ1) is 9.86. The van der Waals surface area contributed by atoms with Gasteiger partial charge in [0.25, 0.3) is 0 Å². The summed E-state index contributed by atoms with van der Waals surface area (Å²) in [5, 5.41) is 13.0. The molecular weight excluding hydrogens is 264 g/mol. The maximum atomic E-state index is 11.7. The van der Waals surface area contributed by atoms with Gasteiger partial charge in [-0.15, -0.1) is 0 Å². The number of hydrogen-bond donors (Lipinski definition) is 2. The largest absolute Gasteiger partial charge is 0.386 e. The van der Waals surface area contributed by atoms with E-state index in [1.165, 1.54) is 0 Å². The molecule has 0 spiro atoms. The molecule has 1 aliphatic heterocycles. The fraction of sp³-hybridized carbons (Fsp3) is 0.294. The Labute approximate surface area is 123 Å². The number of benzene rings is 1. The predicted molar refractivity (Wildman–Crippen MR) is 82.0 cm³/mol. The van der Waals surface area contributed by atoms with Crippen molar-refractivity contribution >= 4 is 11.6 Å². The van der Waals surface area contributed by atoms with Crippen molar-refractivity contribution in [3.63, 3.8) is 0 Å². The zero-order valence-corrected chi connectivity index (χ0v) is 12.3. The number of amides is 1. The summed E-state index contributed by atoms with van der Waals surface area (Å²) in [7, 11) is 0. The first kappa shape index (κ1) is 13.8. The Morgan fingerprint density at radius 3 is 2.67 bits per heavy atom. The van der Waals surface area contributed by atoms with Crippen LogP contribution in [0.3, 0.4) is 0 Å². The second-order valence-corrected chi connectivity index (χ2v) is 6.03. The summed E-state index contributed by atoms with van der Waals surface area (Å²) < 4.78 is 0. The summed E-state index contributed by atoms with van der Waals surface area (Å²) in [6, 6.07) is 7.83. The van der Waals surface area contributed by atoms with Gasteiger partial charge in [0.2, 0.25) is 5.91 Å². The monoisotopic (exact) mass is 282 g/mol. The number of hydrogen-bond acceptors (Lipinski definition) is 3. The highest BCUT2D eigenvalue weighted by molar-refractivity contribution is 6.03. The predicted octanol–water partition coefficient (Wildman–Crippen LogP) is 3.03. The summed E-state index contributed by atoms with van der Waals surface area (Å²) in [6.07, 6.45) is 3.44. The molecule has 2 N–H and O–H groups in total. The number of aliphatic hydroxyl groups is 1. The molecule has 1 aromatic heterocycles. The van der Waals surface area contributed by atoms with Crippen LogP contribution >= 0.6 is 0 Å². The topological polar surface area (TPSA) is 62.2 Å². The zero-order valence-electron chi connectivity index (χ0n) is 12.3. The van der Waals surface area contributed by atoms with E-state index in [1.807, 2.05) is 31.2 Å². The van der Waals surface area contributed by atoms with Crippen molar-refractivity contribution in [1.82, 2.24) is 4.98 Å². The van der Waals surface area contributed by atoms with Gasteiger partial charge >= 0.3 is 0 Å². The van der Waals surface area contributed by atoms with Gasteiger partial charge in [-0.25, -0.2) is 0 Å². The van der Waals surface area contributed by atoms with Crippen molar-refractivity contribution in [1.29, 1.82) is 0 Å². The van der Waals surface area contributed by atoms with E-state index in [0.717, 1.165) is 27.9 Å². The third-order valence-corrected chi connectivity index (χ3v) is 3.95. The van der Waals surface area contributed by atoms with Gasteiger partial charge in [0.05, 0.1) is 11.5 Å². The number of rotatable bonds is 2. The lowest BCUT2D eigenvalue weighted by Gasteiger charge is -2.18. The zero-order chi connectivity index (χ0) is 15.2. The summed E-state index contributed by atoms with van der Waals surface area (Å²) in [6.45, 7) is 5.37. The first-order valence-corrected chi connectivity index (χ1v) is 6.99. The molecule has 1 amide bonds. The molecule has 108 valence electrons. The Kier molecular flexibility index (Phi) is 3.06. The number of nitrogens with zero attached hydrogens (tertiary/aromatic N) is 1. The third kappa shape index (κ3) is 2.43. The van der Waals surface area contributed by atoms with Crippen LogP contribution in [-0.2, 0) is 10.4 Å². The molecule has 0 radical (unpaired) electrons. The van der Waals surface area contributed by atoms with E-state index in [1.54, 1.807) is 26.2 Å². The standard InChI is InChI=1S/C17H18N2O2/c1-10-14-7-11(4-5-15(14)19-16(10)20)12-6-13(9-18-8-12)17(2,3)21/h4-10,21H,1-3H3,(H,19,20). The Balaban J connectivity index is 2.05. The number of aromatic nitrogens is 1. The fourth-order valence-corrected chi connectivity index (χ4v) is 2.53. The van der Waals surface area contributed by atoms with E-state index in [4.69, 9.17) is 0 Å². The van der Waals surface area contributed by atoms with Crippen LogP contribution in [-0.4, -0.2) is 16.0 Å². The summed E-state index contributed by atoms with van der Waals surface area (Å²) in [5.74, 6) is -0.101. The van der Waals surface area contributed by atoms with Crippen LogP contribution in [0.2, 0.25) is 0 Å². The number of nitrogens with one attached hydrogen (secondary N) is 1. The molecule has 1 unspecified atom stereocenters. The number of fused-ring (bicyclic) bond motifs is 1. The van der Waals surface area contributed by atoms with Crippen molar-refractivity contribution in [2.24, 2.45) is 0 Å². The lowest BCUT2D eigenvalue weighted by atomic mass is 9.94. The minimum absolute atomic E-state index is 0.0329. The average molecular weight is 282 g/mol. The molecule has 4 heteroatoms. The Hall–Kier alpha value is -2.20. The van der Waals surface area contributed by atoms with Gasteiger partial charge in [0.1, 0.15) is 0 Å². The van der Waals surface area contributed by atoms with Crippen molar-refractivity contribution in [3.05, 3.63) is 47.8 Å². The number of carbonyl (C=O) groups is 1. The number of pyridine rings is 1. The van der Waals surface area contributed by atoms with E-state index in [2.05, 4.69) is 10.3 Å². The van der Waals surface area contributed by atoms with Crippen molar-refractivity contribution in [2.75, 3.05) is 5.32 Å². The second kappa shape index (κ2) is 4.67. The fourth-order valence-electron chi connectivity index (χ4n) is 2.53. The minimum atomic E-state index is -0.926. The molecule has 4 nitrogen and oxygen atoms in total. The maximum absolute atomic E-state index is 11.7. The van der Waals surface area contributed by atoms with Crippen molar-refractivity contribution in [2.45, 2.75) is 32.3 Å². The van der Waals surface area contributed by atoms with Crippen molar-refractivity contribution in [3.8, 4) is 11.1 Å². The number of anilines is 1. The molecule has 1 atom stereocenters. The molecule has 0 bridgehead atoms. The quantitative estimate of drug-likeness (QED) is 0.890. The van der Waals surface area contributed by atoms with Gasteiger partial charge in [-0.3, -0.25) is 9.78 Å². The smallest absolute Gasteiger partial charge is 0.231 e. The van der Waals surface area contributed by atoms with Crippen LogP contribution in [0.5, 0.6) is 0 Å². The summed E-state index contributed by atoms with van der Waals surface area (Å²) in [4.78, 5) is 15.9. The van der Waals surface area contributed by atoms with Crippen molar-refractivity contribution < 1.29 is 9.90 Å². The van der Waals surface area contributed by atoms with Crippen LogP contribution in [0.15, 0.2) is 36.7 Å². The summed E-state index contributed by atoms with van der Waals surface area (Å²) >= 11 is 0. The van der Waals surface area contributed by atoms with Crippen LogP contribution in [0.25, 0.3) is 11.1 Å². The maximum Gasteiger partial charge on any atom is 0.231 e. The number of carbonyl (C=O) groups excluding carboxylic acids is 1. The Bertz CT molecular complexity index is 717. The molecule has 0 fully saturated rings. The lowest BCUT2D eigenvalue weighted by Crippen LogP contribution is -2.15. The van der Waals surface area contributed by atoms with Gasteiger partial charge in [-0.05, 0) is 50.1 Å². The molecule has 21 heavy (non-hydrogen) atoms. The molecule has 2 aromatic rings. The van der Waals surface area contributed by atoms with Gasteiger partial charge in [0.15, 0.2) is 0 Å². The van der Waals surface area contributed by atoms with Crippen LogP contribution in [0.1, 0.15) is 37.8 Å². The molecular formula is C17H18N2O2. The second-order valence-electron chi connectivity index (χ2n) is 6.03. The molecule has 0 saturated heterocycles. The highest BCUT2D eigenvalue weighted by Gasteiger charge is 2.26. The lowest BCUT2D eigenvalue weighted by molar-refractivity contribution is -0.116. The molecule has 1 aliphatic rings. The highest BCUT2D eigenvalue weighted by Crippen LogP contribution is 2.35. The van der Waals surface area contributed by atoms with Gasteiger partial charge in [0, 0.05) is 29.2 Å². The summed E-state index contributed by atoms with van der Waals surface area (Å²) in [5.41, 5.74) is 3.65. The van der Waals surface area contributed by atoms with E-state index < -0.39 is 5.60 Å². The normalized spacial score (nSPS) is 17.5. The highest BCUT2D eigenvalue weighted by atomic mass is 16.3. The van der Waals surface area contributed by atoms with Gasteiger partial charge in [-0.2, -0.15) is 0 Å². The molecule has 1 aromatic carbocycles. The minimum Gasteiger partial charge on any atom is -0.386 e. The first-order valence-electron chi connectivity index (χ1n) is 6.99. The van der Waals surface area contributed by atoms with Gasteiger partial charge < -0.3 is 10.4 Å². The molecule has 0 saturated carbocycles. The van der Waals surface area contributed by atoms with Crippen LogP contribution < -0.4 is 5.32 Å². The molecule has 0 aliphatic carbocycles. The van der Waals surface area contributed by atoms with Crippen LogP contribution in [0.4, 0.5) is 5.69 Å². The van der Waals surface area contributed by atoms with E-state index in [-0.39, 0.29) is 11.8 Å². The molecule has 3 rings (SSSR count). The Morgan fingerprint density at radius 2 is 1.95 bits per heavy atom. The van der Waals surface area contributed by atoms with E-state index in [0.29, 0.717) is 0 Å². The SMILES string of the molecule is CC1C(=O)Nc2ccc(-c3cncc(C(C)(C)O)c3)cc21. The van der Waals surface area contributed by atoms with E-state index >= 15 is 0 Å². The average Bonchev–Trinajstić information content (AvgIpc) is 2.73. The van der Waals surface area contributed by atoms with E-state index in [9.17, 15) is 9.90 Å².